The van der Waals surface area contributed by atoms with Crippen molar-refractivity contribution < 1.29 is 9.90 Å². The van der Waals surface area contributed by atoms with Crippen molar-refractivity contribution in [2.45, 2.75) is 52.7 Å². The number of hydrogen-bond acceptors (Lipinski definition) is 3. The summed E-state index contributed by atoms with van der Waals surface area (Å²) in [7, 11) is 0. The van der Waals surface area contributed by atoms with Gasteiger partial charge in [-0.1, -0.05) is 27.7 Å². The molecule has 1 amide bonds. The predicted molar refractivity (Wildman–Crippen MR) is 75.9 cm³/mol. The topological polar surface area (TPSA) is 61.4 Å². The highest BCUT2D eigenvalue weighted by Crippen LogP contribution is 2.24. The second kappa shape index (κ2) is 7.31. The van der Waals surface area contributed by atoms with Crippen LogP contribution in [0.5, 0.6) is 0 Å². The summed E-state index contributed by atoms with van der Waals surface area (Å²) in [5.41, 5.74) is 0.126. The van der Waals surface area contributed by atoms with Crippen molar-refractivity contribution >= 4 is 18.3 Å². The number of amides is 1. The number of aliphatic hydroxyl groups is 1. The fourth-order valence-corrected chi connectivity index (χ4v) is 2.54. The van der Waals surface area contributed by atoms with Gasteiger partial charge >= 0.3 is 0 Å². The highest BCUT2D eigenvalue weighted by Gasteiger charge is 2.29. The van der Waals surface area contributed by atoms with E-state index in [2.05, 4.69) is 38.3 Å². The first-order chi connectivity index (χ1) is 7.80. The van der Waals surface area contributed by atoms with Crippen LogP contribution >= 0.6 is 12.4 Å². The van der Waals surface area contributed by atoms with Crippen LogP contribution in [-0.2, 0) is 4.79 Å². The number of carbonyl (C=O) groups is 1. The first kappa shape index (κ1) is 17.7. The third-order valence-electron chi connectivity index (χ3n) is 3.13. The maximum atomic E-state index is 11.8. The molecule has 4 nitrogen and oxygen atoms in total. The van der Waals surface area contributed by atoms with E-state index in [9.17, 15) is 9.90 Å². The van der Waals surface area contributed by atoms with Gasteiger partial charge in [0.25, 0.3) is 0 Å². The Bertz CT molecular complexity index is 270. The zero-order valence-corrected chi connectivity index (χ0v) is 12.6. The van der Waals surface area contributed by atoms with E-state index < -0.39 is 0 Å². The molecule has 0 aromatic heterocycles. The van der Waals surface area contributed by atoms with Gasteiger partial charge in [-0.15, -0.1) is 12.4 Å². The molecular weight excluding hydrogens is 252 g/mol. The number of carbonyl (C=O) groups excluding carboxylic acids is 1. The average molecular weight is 279 g/mol. The van der Waals surface area contributed by atoms with Gasteiger partial charge in [0.05, 0.1) is 12.1 Å². The maximum Gasteiger partial charge on any atom is 0.237 e. The minimum absolute atomic E-state index is 0. The summed E-state index contributed by atoms with van der Waals surface area (Å²) in [6.07, 6.45) is 1.24. The molecule has 18 heavy (non-hydrogen) atoms. The molecule has 3 N–H and O–H groups in total. The molecule has 108 valence electrons. The molecular formula is C13H27ClN2O2. The Morgan fingerprint density at radius 3 is 2.56 bits per heavy atom. The van der Waals surface area contributed by atoms with Gasteiger partial charge in [0.1, 0.15) is 0 Å². The van der Waals surface area contributed by atoms with Crippen molar-refractivity contribution in [3.8, 4) is 0 Å². The molecule has 0 aromatic rings. The van der Waals surface area contributed by atoms with E-state index in [4.69, 9.17) is 0 Å². The lowest BCUT2D eigenvalue weighted by molar-refractivity contribution is -0.123. The van der Waals surface area contributed by atoms with Crippen LogP contribution in [0.3, 0.4) is 0 Å². The summed E-state index contributed by atoms with van der Waals surface area (Å²) in [5.74, 6) is 0.645. The number of halogens is 1. The van der Waals surface area contributed by atoms with E-state index in [-0.39, 0.29) is 35.9 Å². The van der Waals surface area contributed by atoms with Crippen LogP contribution in [0.25, 0.3) is 0 Å². The molecule has 2 unspecified atom stereocenters. The number of β-amino-alcohol motifs (C(OH)–C–C–N with tert-alkyl or cyclic N) is 1. The zero-order chi connectivity index (χ0) is 13.1. The molecule has 1 fully saturated rings. The van der Waals surface area contributed by atoms with Crippen molar-refractivity contribution in [2.24, 2.45) is 11.3 Å². The van der Waals surface area contributed by atoms with Gasteiger partial charge in [-0.3, -0.25) is 4.79 Å². The van der Waals surface area contributed by atoms with Gasteiger partial charge in [0, 0.05) is 13.1 Å². The van der Waals surface area contributed by atoms with E-state index in [0.717, 1.165) is 6.42 Å². The van der Waals surface area contributed by atoms with Gasteiger partial charge in [-0.2, -0.15) is 0 Å². The molecule has 0 saturated carbocycles. The van der Waals surface area contributed by atoms with Crippen molar-refractivity contribution in [2.75, 3.05) is 13.1 Å². The van der Waals surface area contributed by atoms with Gasteiger partial charge in [-0.25, -0.2) is 0 Å². The highest BCUT2D eigenvalue weighted by atomic mass is 35.5. The van der Waals surface area contributed by atoms with Gasteiger partial charge in [0.2, 0.25) is 5.91 Å². The number of nitrogens with one attached hydrogen (secondary N) is 2. The largest absolute Gasteiger partial charge is 0.392 e. The van der Waals surface area contributed by atoms with Crippen molar-refractivity contribution in [3.63, 3.8) is 0 Å². The highest BCUT2D eigenvalue weighted by molar-refractivity contribution is 5.85. The average Bonchev–Trinajstić information content (AvgIpc) is 2.59. The molecule has 0 radical (unpaired) electrons. The molecule has 0 aromatic carbocycles. The first-order valence-corrected chi connectivity index (χ1v) is 6.49. The van der Waals surface area contributed by atoms with Crippen LogP contribution in [0.4, 0.5) is 0 Å². The van der Waals surface area contributed by atoms with Gasteiger partial charge in [-0.05, 0) is 24.2 Å². The van der Waals surface area contributed by atoms with Crippen LogP contribution in [0, 0.1) is 11.3 Å². The second-order valence-electron chi connectivity index (χ2n) is 6.33. The van der Waals surface area contributed by atoms with E-state index >= 15 is 0 Å². The molecule has 0 aliphatic carbocycles. The summed E-state index contributed by atoms with van der Waals surface area (Å²) in [5, 5.41) is 15.4. The van der Waals surface area contributed by atoms with E-state index in [1.54, 1.807) is 0 Å². The van der Waals surface area contributed by atoms with Crippen LogP contribution < -0.4 is 10.6 Å². The lowest BCUT2D eigenvalue weighted by Crippen LogP contribution is -2.44. The molecule has 5 heteroatoms. The molecule has 1 aliphatic rings. The monoisotopic (exact) mass is 278 g/mol. The molecule has 2 atom stereocenters. The van der Waals surface area contributed by atoms with Crippen LogP contribution in [0.2, 0.25) is 0 Å². The molecule has 1 rings (SSSR count). The zero-order valence-electron chi connectivity index (χ0n) is 11.8. The second-order valence-corrected chi connectivity index (χ2v) is 6.33. The Kier molecular flexibility index (Phi) is 7.18. The third kappa shape index (κ3) is 6.03. The van der Waals surface area contributed by atoms with Crippen LogP contribution in [0.15, 0.2) is 0 Å². The number of rotatable bonds is 5. The van der Waals surface area contributed by atoms with Crippen LogP contribution in [0.1, 0.15) is 40.5 Å². The third-order valence-corrected chi connectivity index (χ3v) is 3.13. The Morgan fingerprint density at radius 2 is 2.11 bits per heavy atom. The lowest BCUT2D eigenvalue weighted by Gasteiger charge is -2.27. The fourth-order valence-electron chi connectivity index (χ4n) is 2.54. The number of hydrogen-bond donors (Lipinski definition) is 3. The van der Waals surface area contributed by atoms with Crippen molar-refractivity contribution in [1.29, 1.82) is 0 Å². The minimum atomic E-state index is -0.380. The van der Waals surface area contributed by atoms with E-state index in [1.165, 1.54) is 0 Å². The summed E-state index contributed by atoms with van der Waals surface area (Å²) < 4.78 is 0. The summed E-state index contributed by atoms with van der Waals surface area (Å²) in [6, 6.07) is -0.222. The molecule has 0 bridgehead atoms. The molecule has 0 spiro atoms. The number of aliphatic hydroxyl groups excluding tert-OH is 1. The van der Waals surface area contributed by atoms with Gasteiger partial charge in [0.15, 0.2) is 0 Å². The molecule has 1 saturated heterocycles. The smallest absolute Gasteiger partial charge is 0.237 e. The fraction of sp³-hybridized carbons (Fsp3) is 0.923. The minimum Gasteiger partial charge on any atom is -0.392 e. The lowest BCUT2D eigenvalue weighted by atomic mass is 9.84. The maximum absolute atomic E-state index is 11.8. The van der Waals surface area contributed by atoms with Crippen LogP contribution in [-0.4, -0.2) is 36.2 Å². The standard InChI is InChI=1S/C13H26N2O2.ClH/c1-9(2)6-13(3,4)8-15-12(17)11-5-10(16)7-14-11;/h9-11,14,16H,5-8H2,1-4H3,(H,15,17);1H. The SMILES string of the molecule is CC(C)CC(C)(C)CNC(=O)C1CC(O)CN1.Cl. The Hall–Kier alpha value is -0.320. The van der Waals surface area contributed by atoms with E-state index in [1.807, 2.05) is 0 Å². The predicted octanol–water partition coefficient (Wildman–Crippen LogP) is 1.32. The first-order valence-electron chi connectivity index (χ1n) is 6.49. The quantitative estimate of drug-likeness (QED) is 0.711. The summed E-state index contributed by atoms with van der Waals surface area (Å²) in [4.78, 5) is 11.8. The molecule has 1 heterocycles. The Morgan fingerprint density at radius 1 is 1.50 bits per heavy atom. The normalized spacial score (nSPS) is 23.9. The van der Waals surface area contributed by atoms with Crippen molar-refractivity contribution in [3.05, 3.63) is 0 Å². The van der Waals surface area contributed by atoms with E-state index in [0.29, 0.717) is 25.4 Å². The summed E-state index contributed by atoms with van der Waals surface area (Å²) in [6.45, 7) is 9.94. The Balaban J connectivity index is 0.00000289. The molecule has 1 aliphatic heterocycles. The van der Waals surface area contributed by atoms with Gasteiger partial charge < -0.3 is 15.7 Å². The summed E-state index contributed by atoms with van der Waals surface area (Å²) >= 11 is 0. The van der Waals surface area contributed by atoms with Crippen molar-refractivity contribution in [1.82, 2.24) is 10.6 Å². The Labute approximate surface area is 116 Å².